The standard InChI is InChI=1S/C15H18Cl2N2O3S/c1-11-8-15(14(17)9-13(11)16)23(20,21)19(6-3-5-18)10-12-4-2-7-22-12/h8-9,12H,2-4,6-7,10H2,1H3. The molecule has 1 saturated heterocycles. The Labute approximate surface area is 146 Å². The van der Waals surface area contributed by atoms with Gasteiger partial charge in [0.15, 0.2) is 0 Å². The Hall–Kier alpha value is -0.840. The monoisotopic (exact) mass is 376 g/mol. The van der Waals surface area contributed by atoms with Gasteiger partial charge in [-0.15, -0.1) is 0 Å². The lowest BCUT2D eigenvalue weighted by molar-refractivity contribution is 0.0941. The van der Waals surface area contributed by atoms with Crippen molar-refractivity contribution < 1.29 is 13.2 Å². The Morgan fingerprint density at radius 1 is 1.39 bits per heavy atom. The van der Waals surface area contributed by atoms with E-state index >= 15 is 0 Å². The molecule has 0 amide bonds. The molecule has 126 valence electrons. The van der Waals surface area contributed by atoms with Crippen LogP contribution in [-0.2, 0) is 14.8 Å². The zero-order valence-electron chi connectivity index (χ0n) is 12.8. The Kier molecular flexibility index (Phi) is 6.29. The highest BCUT2D eigenvalue weighted by atomic mass is 35.5. The van der Waals surface area contributed by atoms with Crippen LogP contribution >= 0.6 is 23.2 Å². The van der Waals surface area contributed by atoms with Crippen LogP contribution in [-0.4, -0.2) is 38.5 Å². The van der Waals surface area contributed by atoms with Crippen LogP contribution in [0.5, 0.6) is 0 Å². The molecule has 1 atom stereocenters. The van der Waals surface area contributed by atoms with Gasteiger partial charge in [-0.3, -0.25) is 0 Å². The van der Waals surface area contributed by atoms with E-state index in [0.29, 0.717) is 17.2 Å². The normalized spacial score (nSPS) is 18.3. The number of aryl methyl sites for hydroxylation is 1. The Bertz CT molecular complexity index is 710. The van der Waals surface area contributed by atoms with Gasteiger partial charge in [-0.1, -0.05) is 23.2 Å². The lowest BCUT2D eigenvalue weighted by atomic mass is 10.2. The molecule has 0 spiro atoms. The predicted molar refractivity (Wildman–Crippen MR) is 89.2 cm³/mol. The maximum absolute atomic E-state index is 12.9. The van der Waals surface area contributed by atoms with Crippen LogP contribution in [0.15, 0.2) is 17.0 Å². The smallest absolute Gasteiger partial charge is 0.244 e. The Morgan fingerprint density at radius 3 is 2.74 bits per heavy atom. The number of ether oxygens (including phenoxy) is 1. The molecular weight excluding hydrogens is 359 g/mol. The topological polar surface area (TPSA) is 70.4 Å². The highest BCUT2D eigenvalue weighted by Crippen LogP contribution is 2.31. The molecule has 5 nitrogen and oxygen atoms in total. The molecule has 0 N–H and O–H groups in total. The minimum Gasteiger partial charge on any atom is -0.377 e. The fourth-order valence-corrected chi connectivity index (χ4v) is 4.75. The van der Waals surface area contributed by atoms with Gasteiger partial charge in [0.05, 0.1) is 17.2 Å². The first-order chi connectivity index (χ1) is 10.9. The van der Waals surface area contributed by atoms with E-state index in [1.807, 2.05) is 6.07 Å². The Balaban J connectivity index is 2.34. The maximum Gasteiger partial charge on any atom is 0.244 e. The summed E-state index contributed by atoms with van der Waals surface area (Å²) in [5.41, 5.74) is 0.631. The second-order valence-corrected chi connectivity index (χ2v) is 8.16. The third-order valence-electron chi connectivity index (χ3n) is 3.74. The van der Waals surface area contributed by atoms with E-state index in [0.717, 1.165) is 12.8 Å². The molecule has 2 rings (SSSR count). The molecule has 1 fully saturated rings. The molecule has 1 aromatic carbocycles. The molecule has 8 heteroatoms. The molecule has 23 heavy (non-hydrogen) atoms. The van der Waals surface area contributed by atoms with Crippen molar-refractivity contribution in [2.75, 3.05) is 19.7 Å². The van der Waals surface area contributed by atoms with Gasteiger partial charge >= 0.3 is 0 Å². The fraction of sp³-hybridized carbons (Fsp3) is 0.533. The van der Waals surface area contributed by atoms with Gasteiger partial charge in [-0.2, -0.15) is 9.57 Å². The summed E-state index contributed by atoms with van der Waals surface area (Å²) in [6.45, 7) is 2.69. The van der Waals surface area contributed by atoms with Crippen LogP contribution in [0.2, 0.25) is 10.0 Å². The molecule has 1 heterocycles. The summed E-state index contributed by atoms with van der Waals surface area (Å²) in [5.74, 6) is 0. The van der Waals surface area contributed by atoms with E-state index in [2.05, 4.69) is 0 Å². The molecule has 1 aliphatic heterocycles. The van der Waals surface area contributed by atoms with Gasteiger partial charge in [0.1, 0.15) is 4.90 Å². The summed E-state index contributed by atoms with van der Waals surface area (Å²) in [4.78, 5) is 0.0111. The zero-order chi connectivity index (χ0) is 17.0. The van der Waals surface area contributed by atoms with E-state index in [-0.39, 0.29) is 35.5 Å². The third-order valence-corrected chi connectivity index (χ3v) is 6.47. The van der Waals surface area contributed by atoms with Crippen molar-refractivity contribution in [1.29, 1.82) is 5.26 Å². The zero-order valence-corrected chi connectivity index (χ0v) is 15.1. The highest BCUT2D eigenvalue weighted by Gasteiger charge is 2.30. The molecule has 0 aromatic heterocycles. The van der Waals surface area contributed by atoms with Crippen molar-refractivity contribution in [2.24, 2.45) is 0 Å². The lowest BCUT2D eigenvalue weighted by Gasteiger charge is -2.24. The number of hydrogen-bond acceptors (Lipinski definition) is 4. The van der Waals surface area contributed by atoms with E-state index in [9.17, 15) is 8.42 Å². The van der Waals surface area contributed by atoms with Crippen LogP contribution in [0, 0.1) is 18.3 Å². The summed E-state index contributed by atoms with van der Waals surface area (Å²) in [7, 11) is -3.82. The van der Waals surface area contributed by atoms with Crippen LogP contribution < -0.4 is 0 Å². The van der Waals surface area contributed by atoms with Gasteiger partial charge in [0.25, 0.3) is 0 Å². The number of nitriles is 1. The molecule has 0 aliphatic carbocycles. The summed E-state index contributed by atoms with van der Waals surface area (Å²) in [5, 5.41) is 9.29. The average Bonchev–Trinajstić information content (AvgIpc) is 3.00. The molecule has 0 radical (unpaired) electrons. The molecule has 1 aliphatic rings. The number of halogens is 2. The van der Waals surface area contributed by atoms with Gasteiger partial charge < -0.3 is 4.74 Å². The minimum absolute atomic E-state index is 0.0111. The van der Waals surface area contributed by atoms with Gasteiger partial charge in [0, 0.05) is 31.1 Å². The van der Waals surface area contributed by atoms with Crippen molar-refractivity contribution in [1.82, 2.24) is 4.31 Å². The van der Waals surface area contributed by atoms with Crippen molar-refractivity contribution in [3.05, 3.63) is 27.7 Å². The predicted octanol–water partition coefficient (Wildman–Crippen LogP) is 3.39. The highest BCUT2D eigenvalue weighted by molar-refractivity contribution is 7.89. The second kappa shape index (κ2) is 7.82. The van der Waals surface area contributed by atoms with E-state index in [1.54, 1.807) is 6.92 Å². The van der Waals surface area contributed by atoms with Crippen molar-refractivity contribution in [3.8, 4) is 6.07 Å². The summed E-state index contributed by atoms with van der Waals surface area (Å²) >= 11 is 12.1. The van der Waals surface area contributed by atoms with Gasteiger partial charge in [-0.25, -0.2) is 8.42 Å². The largest absolute Gasteiger partial charge is 0.377 e. The fourth-order valence-electron chi connectivity index (χ4n) is 2.47. The van der Waals surface area contributed by atoms with Crippen molar-refractivity contribution in [2.45, 2.75) is 37.2 Å². The molecule has 1 unspecified atom stereocenters. The lowest BCUT2D eigenvalue weighted by Crippen LogP contribution is -2.38. The average molecular weight is 377 g/mol. The number of rotatable bonds is 6. The summed E-state index contributed by atoms with van der Waals surface area (Å²) < 4.78 is 32.7. The van der Waals surface area contributed by atoms with Crippen molar-refractivity contribution >= 4 is 33.2 Å². The first-order valence-electron chi connectivity index (χ1n) is 7.30. The quantitative estimate of drug-likeness (QED) is 0.762. The molecular formula is C15H18Cl2N2O3S. The number of nitrogens with zero attached hydrogens (tertiary/aromatic N) is 2. The maximum atomic E-state index is 12.9. The van der Waals surface area contributed by atoms with Crippen LogP contribution in [0.4, 0.5) is 0 Å². The third kappa shape index (κ3) is 4.37. The number of benzene rings is 1. The van der Waals surface area contributed by atoms with Crippen molar-refractivity contribution in [3.63, 3.8) is 0 Å². The van der Waals surface area contributed by atoms with Gasteiger partial charge in [0.2, 0.25) is 10.0 Å². The second-order valence-electron chi connectivity index (χ2n) is 5.44. The van der Waals surface area contributed by atoms with Crippen LogP contribution in [0.1, 0.15) is 24.8 Å². The molecule has 1 aromatic rings. The molecule has 0 bridgehead atoms. The molecule has 0 saturated carbocycles. The van der Waals surface area contributed by atoms with Gasteiger partial charge in [-0.05, 0) is 37.5 Å². The SMILES string of the molecule is Cc1cc(S(=O)(=O)N(CCC#N)CC2CCCO2)c(Cl)cc1Cl. The Morgan fingerprint density at radius 2 is 2.13 bits per heavy atom. The van der Waals surface area contributed by atoms with Crippen LogP contribution in [0.3, 0.4) is 0 Å². The van der Waals surface area contributed by atoms with E-state index < -0.39 is 10.0 Å². The van der Waals surface area contributed by atoms with Crippen LogP contribution in [0.25, 0.3) is 0 Å². The van der Waals surface area contributed by atoms with E-state index in [4.69, 9.17) is 33.2 Å². The van der Waals surface area contributed by atoms with E-state index in [1.165, 1.54) is 16.4 Å². The summed E-state index contributed by atoms with van der Waals surface area (Å²) in [6, 6.07) is 4.88. The number of hydrogen-bond donors (Lipinski definition) is 0. The summed E-state index contributed by atoms with van der Waals surface area (Å²) in [6.07, 6.45) is 1.69. The first kappa shape index (κ1) is 18.5. The first-order valence-corrected chi connectivity index (χ1v) is 9.50. The minimum atomic E-state index is -3.82. The number of sulfonamides is 1.